The van der Waals surface area contributed by atoms with E-state index in [2.05, 4.69) is 14.9 Å². The van der Waals surface area contributed by atoms with Gasteiger partial charge in [-0.2, -0.15) is 0 Å². The summed E-state index contributed by atoms with van der Waals surface area (Å²) in [5, 5.41) is 3.04. The Bertz CT molecular complexity index is 855. The zero-order valence-corrected chi connectivity index (χ0v) is 14.8. The van der Waals surface area contributed by atoms with Crippen LogP contribution in [-0.2, 0) is 11.8 Å². The maximum Gasteiger partial charge on any atom is 0.293 e. The summed E-state index contributed by atoms with van der Waals surface area (Å²) in [4.78, 5) is 30.8. The first-order valence-corrected chi connectivity index (χ1v) is 8.96. The van der Waals surface area contributed by atoms with Crippen molar-refractivity contribution in [2.75, 3.05) is 31.6 Å². The van der Waals surface area contributed by atoms with Crippen molar-refractivity contribution in [1.82, 2.24) is 19.0 Å². The molecule has 1 saturated carbocycles. The number of hydrogen-bond donors (Lipinski definition) is 1. The Labute approximate surface area is 151 Å². The van der Waals surface area contributed by atoms with Crippen LogP contribution in [0.3, 0.4) is 0 Å². The normalized spacial score (nSPS) is 20.2. The quantitative estimate of drug-likeness (QED) is 0.859. The maximum atomic E-state index is 12.9. The first kappa shape index (κ1) is 16.8. The Balaban J connectivity index is 1.39. The lowest BCUT2D eigenvalue weighted by Crippen LogP contribution is -2.48. The van der Waals surface area contributed by atoms with Crippen LogP contribution in [0.1, 0.15) is 29.4 Å². The van der Waals surface area contributed by atoms with E-state index in [4.69, 9.17) is 4.74 Å². The van der Waals surface area contributed by atoms with Crippen molar-refractivity contribution in [2.45, 2.75) is 25.0 Å². The van der Waals surface area contributed by atoms with Gasteiger partial charge < -0.3 is 24.1 Å². The number of carbonyl (C=O) groups excluding carboxylic acids is 1. The van der Waals surface area contributed by atoms with Gasteiger partial charge in [0.05, 0.1) is 12.7 Å². The molecule has 1 aliphatic heterocycles. The van der Waals surface area contributed by atoms with Crippen LogP contribution in [0.25, 0.3) is 0 Å². The van der Waals surface area contributed by atoms with Crippen LogP contribution >= 0.6 is 0 Å². The molecule has 138 valence electrons. The molecular weight excluding hydrogens is 334 g/mol. The minimum atomic E-state index is -0.182. The van der Waals surface area contributed by atoms with Crippen LogP contribution in [0.2, 0.25) is 0 Å². The summed E-state index contributed by atoms with van der Waals surface area (Å²) in [6.07, 6.45) is 7.28. The average Bonchev–Trinajstić information content (AvgIpc) is 3.39. The third kappa shape index (κ3) is 3.37. The molecule has 1 N–H and O–H groups in total. The largest absolute Gasteiger partial charge is 0.373 e. The first-order valence-electron chi connectivity index (χ1n) is 8.96. The highest BCUT2D eigenvalue weighted by Crippen LogP contribution is 2.36. The molecule has 0 bridgehead atoms. The van der Waals surface area contributed by atoms with Crippen molar-refractivity contribution in [1.29, 1.82) is 0 Å². The molecule has 8 heteroatoms. The molecule has 3 heterocycles. The van der Waals surface area contributed by atoms with E-state index in [-0.39, 0.29) is 17.6 Å². The molecule has 2 fully saturated rings. The monoisotopic (exact) mass is 357 g/mol. The van der Waals surface area contributed by atoms with E-state index in [1.165, 1.54) is 4.57 Å². The molecule has 1 aliphatic carbocycles. The minimum absolute atomic E-state index is 0.0453. The zero-order chi connectivity index (χ0) is 18.1. The van der Waals surface area contributed by atoms with Crippen molar-refractivity contribution < 1.29 is 9.53 Å². The van der Waals surface area contributed by atoms with Gasteiger partial charge in [0, 0.05) is 51.3 Å². The summed E-state index contributed by atoms with van der Waals surface area (Å²) in [7, 11) is 1.68. The van der Waals surface area contributed by atoms with E-state index in [1.54, 1.807) is 19.4 Å². The van der Waals surface area contributed by atoms with Gasteiger partial charge in [0.15, 0.2) is 5.82 Å². The molecule has 2 aromatic rings. The molecule has 1 atom stereocenters. The molecule has 26 heavy (non-hydrogen) atoms. The minimum Gasteiger partial charge on any atom is -0.373 e. The standard InChI is InChI=1S/C18H23N5O3/c1-21-8-6-19-16(18(21)25)20-11-14-12-22(9-10-26-14)17(24)15-3-2-7-23(15)13-4-5-13/h2-3,6-8,13-14H,4-5,9-12H2,1H3,(H,19,20)/t14-/m0/s1. The van der Waals surface area contributed by atoms with E-state index in [9.17, 15) is 9.59 Å². The van der Waals surface area contributed by atoms with Crippen LogP contribution in [0.5, 0.6) is 0 Å². The number of aryl methyl sites for hydroxylation is 1. The van der Waals surface area contributed by atoms with E-state index in [0.717, 1.165) is 18.5 Å². The fraction of sp³-hybridized carbons (Fsp3) is 0.500. The lowest BCUT2D eigenvalue weighted by Gasteiger charge is -2.33. The number of aromatic nitrogens is 3. The topological polar surface area (TPSA) is 81.4 Å². The second-order valence-electron chi connectivity index (χ2n) is 6.85. The van der Waals surface area contributed by atoms with Crippen LogP contribution < -0.4 is 10.9 Å². The second-order valence-corrected chi connectivity index (χ2v) is 6.85. The molecule has 0 unspecified atom stereocenters. The lowest BCUT2D eigenvalue weighted by atomic mass is 10.2. The zero-order valence-electron chi connectivity index (χ0n) is 14.8. The first-order chi connectivity index (χ1) is 12.6. The molecule has 0 spiro atoms. The Morgan fingerprint density at radius 2 is 2.23 bits per heavy atom. The fourth-order valence-electron chi connectivity index (χ4n) is 3.27. The van der Waals surface area contributed by atoms with Crippen molar-refractivity contribution >= 4 is 11.7 Å². The van der Waals surface area contributed by atoms with E-state index >= 15 is 0 Å². The second kappa shape index (κ2) is 6.95. The van der Waals surface area contributed by atoms with Crippen LogP contribution in [-0.4, -0.2) is 57.3 Å². The highest BCUT2D eigenvalue weighted by molar-refractivity contribution is 5.93. The number of nitrogens with zero attached hydrogens (tertiary/aromatic N) is 4. The van der Waals surface area contributed by atoms with E-state index in [0.29, 0.717) is 38.1 Å². The number of ether oxygens (including phenoxy) is 1. The third-order valence-corrected chi connectivity index (χ3v) is 4.88. The van der Waals surface area contributed by atoms with Gasteiger partial charge in [0.1, 0.15) is 5.69 Å². The maximum absolute atomic E-state index is 12.9. The Kier molecular flexibility index (Phi) is 4.50. The number of nitrogens with one attached hydrogen (secondary N) is 1. The van der Waals surface area contributed by atoms with Crippen molar-refractivity contribution in [2.24, 2.45) is 7.05 Å². The summed E-state index contributed by atoms with van der Waals surface area (Å²) < 4.78 is 9.31. The van der Waals surface area contributed by atoms with Crippen molar-refractivity contribution in [3.05, 3.63) is 46.8 Å². The Morgan fingerprint density at radius 3 is 3.04 bits per heavy atom. The highest BCUT2D eigenvalue weighted by atomic mass is 16.5. The smallest absolute Gasteiger partial charge is 0.293 e. The van der Waals surface area contributed by atoms with Crippen molar-refractivity contribution in [3.63, 3.8) is 0 Å². The SMILES string of the molecule is Cn1ccnc(NC[C@H]2CN(C(=O)c3cccn3C3CC3)CCO2)c1=O. The van der Waals surface area contributed by atoms with Crippen molar-refractivity contribution in [3.8, 4) is 0 Å². The molecule has 0 aromatic carbocycles. The predicted octanol–water partition coefficient (Wildman–Crippen LogP) is 0.870. The Morgan fingerprint density at radius 1 is 1.38 bits per heavy atom. The summed E-state index contributed by atoms with van der Waals surface area (Å²) >= 11 is 0. The van der Waals surface area contributed by atoms with E-state index in [1.807, 2.05) is 23.2 Å². The molecule has 0 radical (unpaired) electrons. The number of amides is 1. The van der Waals surface area contributed by atoms with Gasteiger partial charge in [-0.15, -0.1) is 0 Å². The summed E-state index contributed by atoms with van der Waals surface area (Å²) in [6.45, 7) is 1.99. The fourth-order valence-corrected chi connectivity index (χ4v) is 3.27. The number of hydrogen-bond acceptors (Lipinski definition) is 5. The lowest BCUT2D eigenvalue weighted by molar-refractivity contribution is -0.0153. The summed E-state index contributed by atoms with van der Waals surface area (Å²) in [5.41, 5.74) is 0.568. The molecule has 1 amide bonds. The molecule has 1 saturated heterocycles. The third-order valence-electron chi connectivity index (χ3n) is 4.88. The predicted molar refractivity (Wildman–Crippen MR) is 96.3 cm³/mol. The van der Waals surface area contributed by atoms with E-state index < -0.39 is 0 Å². The number of anilines is 1. The number of rotatable bonds is 5. The van der Waals surface area contributed by atoms with Crippen LogP contribution in [0.15, 0.2) is 35.5 Å². The molecule has 2 aromatic heterocycles. The van der Waals surface area contributed by atoms with Gasteiger partial charge in [-0.3, -0.25) is 9.59 Å². The van der Waals surface area contributed by atoms with Crippen LogP contribution in [0.4, 0.5) is 5.82 Å². The highest BCUT2D eigenvalue weighted by Gasteiger charge is 2.30. The summed E-state index contributed by atoms with van der Waals surface area (Å²) in [5.74, 6) is 0.341. The van der Waals surface area contributed by atoms with Gasteiger partial charge in [-0.05, 0) is 25.0 Å². The van der Waals surface area contributed by atoms with Gasteiger partial charge in [0.25, 0.3) is 11.5 Å². The number of morpholine rings is 1. The molecular formula is C18H23N5O3. The Hall–Kier alpha value is -2.61. The molecule has 4 rings (SSSR count). The van der Waals surface area contributed by atoms with Gasteiger partial charge in [-0.25, -0.2) is 4.98 Å². The molecule has 2 aliphatic rings. The number of carbonyl (C=O) groups is 1. The van der Waals surface area contributed by atoms with Crippen LogP contribution in [0, 0.1) is 0 Å². The average molecular weight is 357 g/mol. The van der Waals surface area contributed by atoms with Gasteiger partial charge >= 0.3 is 0 Å². The summed E-state index contributed by atoms with van der Waals surface area (Å²) in [6, 6.07) is 4.30. The van der Waals surface area contributed by atoms with Gasteiger partial charge in [-0.1, -0.05) is 0 Å². The molecule has 8 nitrogen and oxygen atoms in total. The van der Waals surface area contributed by atoms with Gasteiger partial charge in [0.2, 0.25) is 0 Å².